The van der Waals surface area contributed by atoms with Gasteiger partial charge in [0.05, 0.1) is 21.3 Å². The molecule has 2 N–H and O–H groups in total. The molecule has 0 spiro atoms. The van der Waals surface area contributed by atoms with E-state index in [4.69, 9.17) is 14.2 Å². The van der Waals surface area contributed by atoms with Gasteiger partial charge in [0.25, 0.3) is 0 Å². The predicted molar refractivity (Wildman–Crippen MR) is 83.8 cm³/mol. The molecule has 1 rings (SSSR count). The third kappa shape index (κ3) is 4.27. The Balaban J connectivity index is 2.95. The molecule has 0 radical (unpaired) electrons. The highest BCUT2D eigenvalue weighted by Gasteiger charge is 2.23. The molecule has 0 aromatic heterocycles. The second-order valence-electron chi connectivity index (χ2n) is 5.12. The number of nitrogens with one attached hydrogen (secondary N) is 1. The van der Waals surface area contributed by atoms with E-state index in [9.17, 15) is 9.90 Å². The first kappa shape index (κ1) is 18.1. The summed E-state index contributed by atoms with van der Waals surface area (Å²) in [7, 11) is 4.64. The van der Waals surface area contributed by atoms with Crippen LogP contribution in [0.25, 0.3) is 0 Å². The van der Waals surface area contributed by atoms with Gasteiger partial charge in [-0.25, -0.2) is 0 Å². The Hall–Kier alpha value is -1.95. The minimum Gasteiger partial charge on any atom is -0.493 e. The lowest BCUT2D eigenvalue weighted by molar-refractivity contribution is -0.140. The van der Waals surface area contributed by atoms with Gasteiger partial charge in [-0.05, 0) is 23.6 Å². The number of rotatable bonds is 9. The van der Waals surface area contributed by atoms with Gasteiger partial charge in [-0.3, -0.25) is 4.79 Å². The summed E-state index contributed by atoms with van der Waals surface area (Å²) in [5, 5.41) is 12.4. The van der Waals surface area contributed by atoms with Crippen LogP contribution in [0.3, 0.4) is 0 Å². The standard InChI is InChI=1S/C16H25NO5/c1-6-10(2)14(16(18)19)17-9-11-7-12(20-3)15(22-5)13(8-11)21-4/h7-8,10,14,17H,6,9H2,1-5H3,(H,18,19). The lowest BCUT2D eigenvalue weighted by atomic mass is 9.99. The molecule has 2 atom stereocenters. The van der Waals surface area contributed by atoms with Crippen molar-refractivity contribution in [3.05, 3.63) is 17.7 Å². The number of aliphatic carboxylic acids is 1. The molecule has 124 valence electrons. The van der Waals surface area contributed by atoms with E-state index in [1.165, 1.54) is 0 Å². The molecule has 22 heavy (non-hydrogen) atoms. The van der Waals surface area contributed by atoms with Crippen LogP contribution >= 0.6 is 0 Å². The van der Waals surface area contributed by atoms with Crippen molar-refractivity contribution in [1.82, 2.24) is 5.32 Å². The van der Waals surface area contributed by atoms with Crippen LogP contribution in [0.4, 0.5) is 0 Å². The first-order valence-corrected chi connectivity index (χ1v) is 7.23. The van der Waals surface area contributed by atoms with Crippen LogP contribution in [-0.2, 0) is 11.3 Å². The van der Waals surface area contributed by atoms with Gasteiger partial charge < -0.3 is 24.6 Å². The highest BCUT2D eigenvalue weighted by molar-refractivity contribution is 5.73. The number of benzene rings is 1. The Morgan fingerprint density at radius 1 is 1.18 bits per heavy atom. The summed E-state index contributed by atoms with van der Waals surface area (Å²) in [5.41, 5.74) is 0.865. The quantitative estimate of drug-likeness (QED) is 0.729. The third-order valence-corrected chi connectivity index (χ3v) is 3.73. The molecule has 0 saturated heterocycles. The molecule has 1 aromatic rings. The van der Waals surface area contributed by atoms with E-state index in [0.717, 1.165) is 12.0 Å². The SMILES string of the molecule is CCC(C)C(NCc1cc(OC)c(OC)c(OC)c1)C(=O)O. The number of hydrogen-bond donors (Lipinski definition) is 2. The van der Waals surface area contributed by atoms with Gasteiger partial charge >= 0.3 is 5.97 Å². The van der Waals surface area contributed by atoms with E-state index < -0.39 is 12.0 Å². The molecule has 0 saturated carbocycles. The Morgan fingerprint density at radius 3 is 2.09 bits per heavy atom. The van der Waals surface area contributed by atoms with Gasteiger partial charge in [-0.2, -0.15) is 0 Å². The summed E-state index contributed by atoms with van der Waals surface area (Å²) in [5.74, 6) is 0.815. The third-order valence-electron chi connectivity index (χ3n) is 3.73. The molecule has 0 fully saturated rings. The molecule has 0 aliphatic rings. The minimum absolute atomic E-state index is 0.0412. The van der Waals surface area contributed by atoms with E-state index in [-0.39, 0.29) is 5.92 Å². The van der Waals surface area contributed by atoms with Crippen molar-refractivity contribution in [2.45, 2.75) is 32.9 Å². The van der Waals surface area contributed by atoms with E-state index >= 15 is 0 Å². The first-order valence-electron chi connectivity index (χ1n) is 7.23. The fourth-order valence-electron chi connectivity index (χ4n) is 2.23. The molecule has 1 aromatic carbocycles. The van der Waals surface area contributed by atoms with Crippen molar-refractivity contribution in [1.29, 1.82) is 0 Å². The molecule has 6 nitrogen and oxygen atoms in total. The van der Waals surface area contributed by atoms with Gasteiger partial charge in [0.15, 0.2) is 11.5 Å². The van der Waals surface area contributed by atoms with Crippen LogP contribution in [0.2, 0.25) is 0 Å². The number of hydrogen-bond acceptors (Lipinski definition) is 5. The number of ether oxygens (including phenoxy) is 3. The van der Waals surface area contributed by atoms with Crippen molar-refractivity contribution in [2.24, 2.45) is 5.92 Å². The Labute approximate surface area is 131 Å². The van der Waals surface area contributed by atoms with Crippen molar-refractivity contribution in [3.63, 3.8) is 0 Å². The molecular formula is C16H25NO5. The van der Waals surface area contributed by atoms with E-state index in [1.54, 1.807) is 21.3 Å². The second kappa shape index (κ2) is 8.48. The topological polar surface area (TPSA) is 77.0 Å². The van der Waals surface area contributed by atoms with Crippen LogP contribution in [0.15, 0.2) is 12.1 Å². The van der Waals surface area contributed by atoms with Gasteiger partial charge in [-0.1, -0.05) is 20.3 Å². The summed E-state index contributed by atoms with van der Waals surface area (Å²) >= 11 is 0. The summed E-state index contributed by atoms with van der Waals surface area (Å²) < 4.78 is 15.9. The van der Waals surface area contributed by atoms with Gasteiger partial charge in [0.1, 0.15) is 6.04 Å². The second-order valence-corrected chi connectivity index (χ2v) is 5.12. The fourth-order valence-corrected chi connectivity index (χ4v) is 2.23. The van der Waals surface area contributed by atoms with Crippen molar-refractivity contribution >= 4 is 5.97 Å². The van der Waals surface area contributed by atoms with E-state index in [0.29, 0.717) is 23.8 Å². The lowest BCUT2D eigenvalue weighted by Gasteiger charge is -2.21. The van der Waals surface area contributed by atoms with Crippen molar-refractivity contribution in [3.8, 4) is 17.2 Å². The average molecular weight is 311 g/mol. The predicted octanol–water partition coefficient (Wildman–Crippen LogP) is 2.30. The van der Waals surface area contributed by atoms with Gasteiger partial charge in [-0.15, -0.1) is 0 Å². The summed E-state index contributed by atoms with van der Waals surface area (Å²) in [6, 6.07) is 3.03. The highest BCUT2D eigenvalue weighted by atomic mass is 16.5. The molecule has 2 unspecified atom stereocenters. The van der Waals surface area contributed by atoms with Gasteiger partial charge in [0.2, 0.25) is 5.75 Å². The molecule has 0 bridgehead atoms. The maximum absolute atomic E-state index is 11.3. The summed E-state index contributed by atoms with van der Waals surface area (Å²) in [6.45, 7) is 4.29. The zero-order valence-electron chi connectivity index (χ0n) is 13.8. The minimum atomic E-state index is -0.846. The Kier molecular flexibility index (Phi) is 6.98. The number of carboxylic acid groups (broad SMARTS) is 1. The number of carbonyl (C=O) groups is 1. The summed E-state index contributed by atoms with van der Waals surface area (Å²) in [4.78, 5) is 11.3. The van der Waals surface area contributed by atoms with E-state index in [1.807, 2.05) is 26.0 Å². The molecule has 0 heterocycles. The van der Waals surface area contributed by atoms with Crippen LogP contribution in [0, 0.1) is 5.92 Å². The van der Waals surface area contributed by atoms with Crippen LogP contribution in [-0.4, -0.2) is 38.4 Å². The number of carboxylic acids is 1. The Morgan fingerprint density at radius 2 is 1.73 bits per heavy atom. The molecule has 0 aliphatic heterocycles. The van der Waals surface area contributed by atoms with Crippen molar-refractivity contribution in [2.75, 3.05) is 21.3 Å². The normalized spacial score (nSPS) is 13.3. The number of methoxy groups -OCH3 is 3. The largest absolute Gasteiger partial charge is 0.493 e. The van der Waals surface area contributed by atoms with Crippen LogP contribution < -0.4 is 19.5 Å². The fraction of sp³-hybridized carbons (Fsp3) is 0.562. The zero-order chi connectivity index (χ0) is 16.7. The molecule has 6 heteroatoms. The molecular weight excluding hydrogens is 286 g/mol. The average Bonchev–Trinajstić information content (AvgIpc) is 2.53. The van der Waals surface area contributed by atoms with Crippen LogP contribution in [0.5, 0.6) is 17.2 Å². The molecule has 0 aliphatic carbocycles. The Bertz CT molecular complexity index is 478. The highest BCUT2D eigenvalue weighted by Crippen LogP contribution is 2.38. The maximum atomic E-state index is 11.3. The zero-order valence-corrected chi connectivity index (χ0v) is 13.8. The molecule has 0 amide bonds. The van der Waals surface area contributed by atoms with Gasteiger partial charge in [0, 0.05) is 6.54 Å². The summed E-state index contributed by atoms with van der Waals surface area (Å²) in [6.07, 6.45) is 0.791. The monoisotopic (exact) mass is 311 g/mol. The van der Waals surface area contributed by atoms with Crippen LogP contribution in [0.1, 0.15) is 25.8 Å². The maximum Gasteiger partial charge on any atom is 0.320 e. The smallest absolute Gasteiger partial charge is 0.320 e. The lowest BCUT2D eigenvalue weighted by Crippen LogP contribution is -2.41. The first-order chi connectivity index (χ1) is 10.5. The van der Waals surface area contributed by atoms with E-state index in [2.05, 4.69) is 5.32 Å². The van der Waals surface area contributed by atoms with Crippen molar-refractivity contribution < 1.29 is 24.1 Å².